The molecule has 0 radical (unpaired) electrons. The molecule has 6 rings (SSSR count). The van der Waals surface area contributed by atoms with Crippen molar-refractivity contribution in [2.24, 2.45) is 4.99 Å². The van der Waals surface area contributed by atoms with E-state index in [1.807, 2.05) is 24.3 Å². The Hall–Kier alpha value is -3.59. The minimum Gasteiger partial charge on any atom is -0.493 e. The van der Waals surface area contributed by atoms with Gasteiger partial charge in [0.2, 0.25) is 12.7 Å². The van der Waals surface area contributed by atoms with Gasteiger partial charge in [0, 0.05) is 33.8 Å². The number of fused-ring (bicyclic) bond motifs is 6. The fourth-order valence-electron chi connectivity index (χ4n) is 4.46. The largest absolute Gasteiger partial charge is 0.493 e. The third kappa shape index (κ3) is 3.99. The zero-order valence-corrected chi connectivity index (χ0v) is 20.4. The van der Waals surface area contributed by atoms with E-state index in [0.717, 1.165) is 74.4 Å². The molecule has 0 saturated carbocycles. The molecule has 35 heavy (non-hydrogen) atoms. The van der Waals surface area contributed by atoms with Crippen molar-refractivity contribution in [3.05, 3.63) is 36.4 Å². The summed E-state index contributed by atoms with van der Waals surface area (Å²) in [7, 11) is 3.27. The number of methoxy groups -OCH3 is 2. The Morgan fingerprint density at radius 2 is 1.74 bits per heavy atom. The molecule has 0 spiro atoms. The van der Waals surface area contributed by atoms with Gasteiger partial charge in [0.15, 0.2) is 28.2 Å². The highest BCUT2D eigenvalue weighted by Gasteiger charge is 2.19. The van der Waals surface area contributed by atoms with Gasteiger partial charge in [0.1, 0.15) is 0 Å². The summed E-state index contributed by atoms with van der Waals surface area (Å²) in [5.41, 5.74) is 0.838. The zero-order chi connectivity index (χ0) is 23.8. The second-order valence-corrected chi connectivity index (χ2v) is 9.31. The first kappa shape index (κ1) is 21.9. The summed E-state index contributed by atoms with van der Waals surface area (Å²) in [4.78, 5) is 9.43. The third-order valence-electron chi connectivity index (χ3n) is 6.16. The molecule has 180 valence electrons. The van der Waals surface area contributed by atoms with Gasteiger partial charge in [-0.1, -0.05) is 23.9 Å². The predicted octanol–water partition coefficient (Wildman–Crippen LogP) is 4.75. The van der Waals surface area contributed by atoms with Gasteiger partial charge in [-0.15, -0.1) is 0 Å². The Morgan fingerprint density at radius 1 is 0.943 bits per heavy atom. The normalized spacial score (nSPS) is 14.5. The first-order valence-corrected chi connectivity index (χ1v) is 12.5. The maximum atomic E-state index is 6.26. The second kappa shape index (κ2) is 9.22. The predicted molar refractivity (Wildman–Crippen MR) is 139 cm³/mol. The minimum atomic E-state index is 0.226. The van der Waals surface area contributed by atoms with Gasteiger partial charge in [0.05, 0.1) is 32.9 Å². The van der Waals surface area contributed by atoms with Gasteiger partial charge >= 0.3 is 0 Å². The molecular formula is C26H25N3O5S. The lowest BCUT2D eigenvalue weighted by Gasteiger charge is -2.15. The zero-order valence-electron chi connectivity index (χ0n) is 19.6. The van der Waals surface area contributed by atoms with Crippen molar-refractivity contribution in [3.63, 3.8) is 0 Å². The van der Waals surface area contributed by atoms with Crippen molar-refractivity contribution in [2.45, 2.75) is 6.42 Å². The number of rotatable bonds is 7. The number of nitrogens with one attached hydrogen (secondary N) is 1. The van der Waals surface area contributed by atoms with Crippen LogP contribution in [0.25, 0.3) is 32.4 Å². The molecule has 3 aromatic carbocycles. The van der Waals surface area contributed by atoms with Crippen molar-refractivity contribution in [2.75, 3.05) is 46.5 Å². The summed E-state index contributed by atoms with van der Waals surface area (Å²) in [6.45, 7) is 2.42. The lowest BCUT2D eigenvalue weighted by Crippen LogP contribution is -2.21. The van der Waals surface area contributed by atoms with Gasteiger partial charge in [-0.3, -0.25) is 4.99 Å². The van der Waals surface area contributed by atoms with Crippen LogP contribution in [0.4, 0.5) is 0 Å². The molecule has 0 saturated heterocycles. The quantitative estimate of drug-likeness (QED) is 0.293. The van der Waals surface area contributed by atoms with Crippen LogP contribution in [-0.2, 0) is 0 Å². The van der Waals surface area contributed by atoms with Gasteiger partial charge < -0.3 is 29.0 Å². The molecule has 0 fully saturated rings. The number of thioether (sulfide) groups is 1. The monoisotopic (exact) mass is 491 g/mol. The molecule has 0 bridgehead atoms. The number of hydrogen-bond acceptors (Lipinski definition) is 9. The topological polar surface area (TPSA) is 83.4 Å². The summed E-state index contributed by atoms with van der Waals surface area (Å²) in [5.74, 6) is 4.37. The average Bonchev–Trinajstić information content (AvgIpc) is 3.58. The molecule has 0 unspecified atom stereocenters. The molecule has 4 aromatic rings. The van der Waals surface area contributed by atoms with Crippen molar-refractivity contribution in [3.8, 4) is 28.9 Å². The van der Waals surface area contributed by atoms with E-state index in [9.17, 15) is 0 Å². The standard InChI is InChI=1S/C26H25N3O5S/c1-30-20-12-18-16-5-4-15-10-22-23(34-14-33-22)11-17(15)24(16)29-25(19(18)13-21(20)31-2)32-8-3-6-27-26-28-7-9-35-26/h4-5,10-13H,3,6-9,14H2,1-2H3,(H,27,28). The Kier molecular flexibility index (Phi) is 5.77. The number of aromatic nitrogens is 1. The van der Waals surface area contributed by atoms with Crippen molar-refractivity contribution in [1.82, 2.24) is 10.3 Å². The Labute approximate surface area is 206 Å². The number of pyridine rings is 1. The van der Waals surface area contributed by atoms with Crippen LogP contribution in [0.2, 0.25) is 0 Å². The summed E-state index contributed by atoms with van der Waals surface area (Å²) >= 11 is 1.76. The van der Waals surface area contributed by atoms with E-state index in [1.54, 1.807) is 26.0 Å². The van der Waals surface area contributed by atoms with Crippen LogP contribution in [0.5, 0.6) is 28.9 Å². The van der Waals surface area contributed by atoms with Crippen LogP contribution in [0.1, 0.15) is 6.42 Å². The van der Waals surface area contributed by atoms with Crippen LogP contribution >= 0.6 is 11.8 Å². The highest BCUT2D eigenvalue weighted by Crippen LogP contribution is 2.43. The summed E-state index contributed by atoms with van der Waals surface area (Å²) in [6, 6.07) is 12.1. The SMILES string of the molecule is COc1cc2c(OCCCNC3=NCCS3)nc3c4cc5c(cc4ccc3c2cc1OC)OCO5. The fraction of sp³-hybridized carbons (Fsp3) is 0.308. The van der Waals surface area contributed by atoms with Crippen molar-refractivity contribution < 1.29 is 23.7 Å². The fourth-order valence-corrected chi connectivity index (χ4v) is 5.23. The minimum absolute atomic E-state index is 0.226. The lowest BCUT2D eigenvalue weighted by atomic mass is 10.0. The molecule has 2 aliphatic heterocycles. The van der Waals surface area contributed by atoms with Gasteiger partial charge in [-0.2, -0.15) is 0 Å². The van der Waals surface area contributed by atoms with E-state index in [0.29, 0.717) is 24.0 Å². The Balaban J connectivity index is 1.43. The van der Waals surface area contributed by atoms with Crippen molar-refractivity contribution in [1.29, 1.82) is 0 Å². The van der Waals surface area contributed by atoms with Crippen LogP contribution < -0.4 is 29.0 Å². The third-order valence-corrected chi connectivity index (χ3v) is 7.10. The Bertz CT molecular complexity index is 1470. The summed E-state index contributed by atoms with van der Waals surface area (Å²) < 4.78 is 28.6. The number of hydrogen-bond donors (Lipinski definition) is 1. The number of aliphatic imine (C=N–C) groups is 1. The molecule has 0 aliphatic carbocycles. The van der Waals surface area contributed by atoms with Crippen LogP contribution in [0, 0.1) is 0 Å². The molecule has 0 amide bonds. The lowest BCUT2D eigenvalue weighted by molar-refractivity contribution is 0.174. The smallest absolute Gasteiger partial charge is 0.231 e. The van der Waals surface area contributed by atoms with E-state index in [4.69, 9.17) is 28.7 Å². The molecular weight excluding hydrogens is 466 g/mol. The average molecular weight is 492 g/mol. The number of amidine groups is 1. The van der Waals surface area contributed by atoms with E-state index in [2.05, 4.69) is 22.4 Å². The number of benzene rings is 3. The highest BCUT2D eigenvalue weighted by atomic mass is 32.2. The van der Waals surface area contributed by atoms with Crippen molar-refractivity contribution >= 4 is 49.4 Å². The molecule has 1 aromatic heterocycles. The van der Waals surface area contributed by atoms with E-state index in [-0.39, 0.29) is 6.79 Å². The van der Waals surface area contributed by atoms with E-state index in [1.165, 1.54) is 0 Å². The first-order valence-electron chi connectivity index (χ1n) is 11.5. The van der Waals surface area contributed by atoms with Crippen LogP contribution in [0.3, 0.4) is 0 Å². The summed E-state index contributed by atoms with van der Waals surface area (Å²) in [5, 5.41) is 9.24. The molecule has 0 atom stereocenters. The highest BCUT2D eigenvalue weighted by molar-refractivity contribution is 8.14. The molecule has 8 nitrogen and oxygen atoms in total. The van der Waals surface area contributed by atoms with Gasteiger partial charge in [-0.25, -0.2) is 4.98 Å². The van der Waals surface area contributed by atoms with E-state index >= 15 is 0 Å². The maximum Gasteiger partial charge on any atom is 0.231 e. The molecule has 1 N–H and O–H groups in total. The number of ether oxygens (including phenoxy) is 5. The van der Waals surface area contributed by atoms with Gasteiger partial charge in [0.25, 0.3) is 0 Å². The molecule has 2 aliphatic rings. The number of nitrogens with zero attached hydrogens (tertiary/aromatic N) is 2. The van der Waals surface area contributed by atoms with E-state index < -0.39 is 0 Å². The second-order valence-electron chi connectivity index (χ2n) is 8.22. The van der Waals surface area contributed by atoms with Crippen LogP contribution in [0.15, 0.2) is 41.4 Å². The summed E-state index contributed by atoms with van der Waals surface area (Å²) in [6.07, 6.45) is 0.822. The molecule has 9 heteroatoms. The van der Waals surface area contributed by atoms with Gasteiger partial charge in [-0.05, 0) is 36.1 Å². The first-order chi connectivity index (χ1) is 17.2. The maximum absolute atomic E-state index is 6.26. The van der Waals surface area contributed by atoms with Crippen LogP contribution in [-0.4, -0.2) is 56.6 Å². The molecule has 3 heterocycles. The Morgan fingerprint density at radius 3 is 2.51 bits per heavy atom.